The van der Waals surface area contributed by atoms with Gasteiger partial charge in [-0.1, -0.05) is 200 Å². The number of anilines is 3. The Morgan fingerprint density at radius 3 is 1.33 bits per heavy atom. The molecule has 0 saturated heterocycles. The number of fused-ring (bicyclic) bond motifs is 14. The first-order valence-corrected chi connectivity index (χ1v) is 20.8. The van der Waals surface area contributed by atoms with E-state index in [4.69, 9.17) is 0 Å². The molecule has 2 aliphatic carbocycles. The van der Waals surface area contributed by atoms with Gasteiger partial charge in [-0.25, -0.2) is 0 Å². The van der Waals surface area contributed by atoms with Gasteiger partial charge in [-0.2, -0.15) is 0 Å². The summed E-state index contributed by atoms with van der Waals surface area (Å²) < 4.78 is 0. The maximum atomic E-state index is 2.51. The second kappa shape index (κ2) is 13.7. The Bertz CT molecular complexity index is 3150. The normalized spacial score (nSPS) is 14.4. The van der Waals surface area contributed by atoms with Crippen molar-refractivity contribution in [2.24, 2.45) is 0 Å². The molecular formula is C59H39N. The quantitative estimate of drug-likeness (QED) is 0.169. The van der Waals surface area contributed by atoms with Gasteiger partial charge >= 0.3 is 0 Å². The van der Waals surface area contributed by atoms with Crippen LogP contribution in [0.2, 0.25) is 0 Å². The number of benzene rings is 10. The van der Waals surface area contributed by atoms with E-state index in [0.717, 1.165) is 17.1 Å². The molecular weight excluding hydrogens is 723 g/mol. The molecule has 0 fully saturated rings. The van der Waals surface area contributed by atoms with Gasteiger partial charge in [-0.3, -0.25) is 0 Å². The zero-order valence-corrected chi connectivity index (χ0v) is 33.0. The fourth-order valence-corrected chi connectivity index (χ4v) is 10.3. The van der Waals surface area contributed by atoms with Gasteiger partial charge < -0.3 is 4.90 Å². The van der Waals surface area contributed by atoms with Crippen LogP contribution >= 0.6 is 0 Å². The van der Waals surface area contributed by atoms with Gasteiger partial charge in [0.05, 0.1) is 5.41 Å². The molecule has 0 radical (unpaired) electrons. The number of hydrogen-bond acceptors (Lipinski definition) is 1. The number of hydrogen-bond donors (Lipinski definition) is 0. The molecule has 1 unspecified atom stereocenters. The Morgan fingerprint density at radius 2 is 0.717 bits per heavy atom. The standard InChI is InChI=1S/C59H39N/c1-3-15-40(16-4-1)42-27-32-45(33-28-42)60(46-34-29-43(30-35-46)41-17-5-2-6-18-41)47-36-37-52-50-22-10-9-21-49(50)51-23-11-13-25-54(51)59(57(52)39-47)55-26-14-12-24-53(55)58-48-20-8-7-19-44(48)31-38-56(58)59/h1-39H. The minimum atomic E-state index is -0.600. The largest absolute Gasteiger partial charge is 0.310 e. The van der Waals surface area contributed by atoms with Gasteiger partial charge in [0.1, 0.15) is 0 Å². The average Bonchev–Trinajstić information content (AvgIpc) is 3.58. The van der Waals surface area contributed by atoms with Crippen molar-refractivity contribution in [3.05, 3.63) is 259 Å². The van der Waals surface area contributed by atoms with Crippen LogP contribution in [-0.2, 0) is 5.41 Å². The van der Waals surface area contributed by atoms with Gasteiger partial charge in [0.2, 0.25) is 0 Å². The number of nitrogens with zero attached hydrogens (tertiary/aromatic N) is 1. The predicted octanol–water partition coefficient (Wildman–Crippen LogP) is 15.7. The van der Waals surface area contributed by atoms with Crippen molar-refractivity contribution >= 4 is 27.8 Å². The second-order valence-corrected chi connectivity index (χ2v) is 16.0. The molecule has 0 aliphatic heterocycles. The summed E-state index contributed by atoms with van der Waals surface area (Å²) in [4.78, 5) is 2.43. The molecule has 0 N–H and O–H groups in total. The summed E-state index contributed by atoms with van der Waals surface area (Å²) in [6.45, 7) is 0. The van der Waals surface area contributed by atoms with Crippen molar-refractivity contribution in [2.75, 3.05) is 4.90 Å². The highest BCUT2D eigenvalue weighted by Crippen LogP contribution is 2.63. The summed E-state index contributed by atoms with van der Waals surface area (Å²) in [7, 11) is 0. The summed E-state index contributed by atoms with van der Waals surface area (Å²) in [5.41, 5.74) is 20.4. The summed E-state index contributed by atoms with van der Waals surface area (Å²) in [5.74, 6) is 0. The first-order valence-electron chi connectivity index (χ1n) is 20.8. The van der Waals surface area contributed by atoms with Crippen LogP contribution in [0.15, 0.2) is 237 Å². The molecule has 0 aromatic heterocycles. The predicted molar refractivity (Wildman–Crippen MR) is 251 cm³/mol. The number of rotatable bonds is 5. The van der Waals surface area contributed by atoms with Crippen molar-refractivity contribution in [1.82, 2.24) is 0 Å². The van der Waals surface area contributed by atoms with Gasteiger partial charge in [-0.05, 0) is 125 Å². The third-order valence-electron chi connectivity index (χ3n) is 12.9. The van der Waals surface area contributed by atoms with E-state index in [-0.39, 0.29) is 0 Å². The highest BCUT2D eigenvalue weighted by atomic mass is 15.1. The zero-order valence-electron chi connectivity index (χ0n) is 33.0. The van der Waals surface area contributed by atoms with Gasteiger partial charge in [-0.15, -0.1) is 0 Å². The van der Waals surface area contributed by atoms with Gasteiger partial charge in [0, 0.05) is 17.1 Å². The molecule has 1 spiro atoms. The molecule has 10 aromatic carbocycles. The smallest absolute Gasteiger partial charge is 0.0726 e. The van der Waals surface area contributed by atoms with Crippen LogP contribution in [0, 0.1) is 0 Å². The fraction of sp³-hybridized carbons (Fsp3) is 0.0169. The van der Waals surface area contributed by atoms with Crippen LogP contribution in [-0.4, -0.2) is 0 Å². The van der Waals surface area contributed by atoms with Crippen LogP contribution in [0.3, 0.4) is 0 Å². The Balaban J connectivity index is 1.15. The van der Waals surface area contributed by atoms with Crippen LogP contribution in [0.5, 0.6) is 0 Å². The molecule has 2 aliphatic rings. The zero-order chi connectivity index (χ0) is 39.6. The van der Waals surface area contributed by atoms with Crippen molar-refractivity contribution in [2.45, 2.75) is 5.41 Å². The van der Waals surface area contributed by atoms with Crippen molar-refractivity contribution in [1.29, 1.82) is 0 Å². The Labute approximate surface area is 351 Å². The molecule has 280 valence electrons. The third-order valence-corrected chi connectivity index (χ3v) is 12.9. The van der Waals surface area contributed by atoms with E-state index in [2.05, 4.69) is 241 Å². The molecule has 10 aromatic rings. The SMILES string of the molecule is c1ccc(-c2ccc(N(c3ccc(-c4ccccc4)cc3)c3ccc4c(c3)C3(c5ccccc5-c5ccccc5-4)c4ccccc4-c4c3ccc3ccccc43)cc2)cc1. The first-order chi connectivity index (χ1) is 29.8. The van der Waals surface area contributed by atoms with E-state index in [0.29, 0.717) is 0 Å². The summed E-state index contributed by atoms with van der Waals surface area (Å²) in [6, 6.07) is 87.5. The van der Waals surface area contributed by atoms with Crippen LogP contribution < -0.4 is 4.90 Å². The van der Waals surface area contributed by atoms with Crippen LogP contribution in [0.1, 0.15) is 22.3 Å². The van der Waals surface area contributed by atoms with E-state index in [1.54, 1.807) is 0 Å². The lowest BCUT2D eigenvalue weighted by Crippen LogP contribution is -2.29. The summed E-state index contributed by atoms with van der Waals surface area (Å²) in [5, 5.41) is 2.54. The lowest BCUT2D eigenvalue weighted by Gasteiger charge is -2.36. The lowest BCUT2D eigenvalue weighted by molar-refractivity contribution is 0.776. The average molecular weight is 762 g/mol. The summed E-state index contributed by atoms with van der Waals surface area (Å²) in [6.07, 6.45) is 0. The minimum Gasteiger partial charge on any atom is -0.310 e. The van der Waals surface area contributed by atoms with Crippen LogP contribution in [0.4, 0.5) is 17.1 Å². The Kier molecular flexibility index (Phi) is 7.83. The van der Waals surface area contributed by atoms with Crippen LogP contribution in [0.25, 0.3) is 66.4 Å². The third kappa shape index (κ3) is 5.13. The fourth-order valence-electron chi connectivity index (χ4n) is 10.3. The molecule has 0 saturated carbocycles. The second-order valence-electron chi connectivity index (χ2n) is 16.0. The van der Waals surface area contributed by atoms with E-state index in [9.17, 15) is 0 Å². The first kappa shape index (κ1) is 34.3. The molecule has 12 rings (SSSR count). The maximum absolute atomic E-state index is 2.51. The lowest BCUT2D eigenvalue weighted by atomic mass is 9.65. The molecule has 0 bridgehead atoms. The topological polar surface area (TPSA) is 3.24 Å². The van der Waals surface area contributed by atoms with Crippen molar-refractivity contribution < 1.29 is 0 Å². The molecule has 1 heteroatoms. The molecule has 1 nitrogen and oxygen atoms in total. The minimum absolute atomic E-state index is 0.600. The van der Waals surface area contributed by atoms with Gasteiger partial charge in [0.15, 0.2) is 0 Å². The van der Waals surface area contributed by atoms with Crippen molar-refractivity contribution in [3.8, 4) is 55.6 Å². The molecule has 1 atom stereocenters. The van der Waals surface area contributed by atoms with Crippen molar-refractivity contribution in [3.63, 3.8) is 0 Å². The molecule has 60 heavy (non-hydrogen) atoms. The highest BCUT2D eigenvalue weighted by molar-refractivity contribution is 6.06. The Morgan fingerprint density at radius 1 is 0.267 bits per heavy atom. The van der Waals surface area contributed by atoms with Gasteiger partial charge in [0.25, 0.3) is 0 Å². The monoisotopic (exact) mass is 761 g/mol. The summed E-state index contributed by atoms with van der Waals surface area (Å²) >= 11 is 0. The Hall–Kier alpha value is -7.74. The highest BCUT2D eigenvalue weighted by Gasteiger charge is 2.50. The van der Waals surface area contributed by atoms with E-state index < -0.39 is 5.41 Å². The van der Waals surface area contributed by atoms with E-state index in [1.165, 1.54) is 88.7 Å². The molecule has 0 amide bonds. The maximum Gasteiger partial charge on any atom is 0.0726 e. The molecule has 0 heterocycles. The van der Waals surface area contributed by atoms with E-state index >= 15 is 0 Å². The van der Waals surface area contributed by atoms with E-state index in [1.807, 2.05) is 0 Å².